The average molecular weight is 261 g/mol. The summed E-state index contributed by atoms with van der Waals surface area (Å²) in [6.45, 7) is 1.97. The van der Waals surface area contributed by atoms with Crippen molar-refractivity contribution in [1.82, 2.24) is 9.71 Å². The highest BCUT2D eigenvalue weighted by molar-refractivity contribution is 8.05. The maximum atomic E-state index is 7.77. The normalized spacial score (nSPS) is 16.3. The van der Waals surface area contributed by atoms with Gasteiger partial charge in [-0.15, -0.1) is 0 Å². The molecule has 0 fully saturated rings. The van der Waals surface area contributed by atoms with Gasteiger partial charge in [-0.2, -0.15) is 0 Å². The third kappa shape index (κ3) is 2.32. The molecule has 0 spiro atoms. The molecule has 2 heterocycles. The third-order valence-electron chi connectivity index (χ3n) is 1.78. The second-order valence-corrected chi connectivity index (χ2v) is 5.81. The molecule has 0 bridgehead atoms. The number of halogens is 1. The van der Waals surface area contributed by atoms with E-state index in [1.54, 1.807) is 6.20 Å². The van der Waals surface area contributed by atoms with Gasteiger partial charge in [0.05, 0.1) is 9.92 Å². The van der Waals surface area contributed by atoms with Crippen molar-refractivity contribution in [2.75, 3.05) is 5.75 Å². The molecule has 15 heavy (non-hydrogen) atoms. The largest absolute Gasteiger partial charge is 0.304 e. The van der Waals surface area contributed by atoms with Crippen LogP contribution in [0.1, 0.15) is 6.92 Å². The van der Waals surface area contributed by atoms with Gasteiger partial charge in [0.1, 0.15) is 0 Å². The highest BCUT2D eigenvalue weighted by Crippen LogP contribution is 2.31. The van der Waals surface area contributed by atoms with E-state index in [1.165, 1.54) is 11.9 Å². The van der Waals surface area contributed by atoms with Crippen LogP contribution in [0.3, 0.4) is 0 Å². The monoisotopic (exact) mass is 260 g/mol. The van der Waals surface area contributed by atoms with Gasteiger partial charge in [-0.3, -0.25) is 4.78 Å². The zero-order valence-electron chi connectivity index (χ0n) is 7.95. The Hall–Kier alpha value is -0.590. The lowest BCUT2D eigenvalue weighted by Gasteiger charge is -2.15. The maximum Gasteiger partial charge on any atom is 0.184 e. The first-order valence-electron chi connectivity index (χ1n) is 4.30. The first-order chi connectivity index (χ1) is 7.20. The number of nitrogens with one attached hydrogen (secondary N) is 2. The number of hydrogen-bond donors (Lipinski definition) is 2. The van der Waals surface area contributed by atoms with Crippen LogP contribution < -0.4 is 4.72 Å². The van der Waals surface area contributed by atoms with Gasteiger partial charge < -0.3 is 4.72 Å². The van der Waals surface area contributed by atoms with Crippen molar-refractivity contribution < 1.29 is 0 Å². The topological polar surface area (TPSA) is 61.1 Å². The smallest absolute Gasteiger partial charge is 0.184 e. The third-order valence-corrected chi connectivity index (χ3v) is 4.17. The summed E-state index contributed by atoms with van der Waals surface area (Å²) in [6.07, 6.45) is 1.57. The summed E-state index contributed by atoms with van der Waals surface area (Å²) >= 11 is 7.23. The fraction of sp³-hybridized carbons (Fsp3) is 0.250. The summed E-state index contributed by atoms with van der Waals surface area (Å²) in [5.74, 6) is 1.41. The van der Waals surface area contributed by atoms with Gasteiger partial charge in [-0.1, -0.05) is 18.5 Å². The first kappa shape index (κ1) is 10.9. The van der Waals surface area contributed by atoms with E-state index in [9.17, 15) is 0 Å². The molecule has 2 N–H and O–H groups in total. The number of pyridine rings is 1. The van der Waals surface area contributed by atoms with E-state index < -0.39 is 10.7 Å². The van der Waals surface area contributed by atoms with Crippen molar-refractivity contribution >= 4 is 45.2 Å². The zero-order chi connectivity index (χ0) is 10.8. The average Bonchev–Trinajstić information content (AvgIpc) is 2.27. The summed E-state index contributed by atoms with van der Waals surface area (Å²) in [6, 6.07) is 1.82. The molecule has 0 saturated heterocycles. The number of aromatic nitrogens is 1. The Bertz CT molecular complexity index is 446. The van der Waals surface area contributed by atoms with Crippen LogP contribution in [0.25, 0.3) is 0 Å². The van der Waals surface area contributed by atoms with Crippen molar-refractivity contribution in [1.29, 1.82) is 4.78 Å². The van der Waals surface area contributed by atoms with Gasteiger partial charge >= 0.3 is 0 Å². The van der Waals surface area contributed by atoms with Crippen molar-refractivity contribution in [3.8, 4) is 0 Å². The molecule has 0 aliphatic carbocycles. The van der Waals surface area contributed by atoms with E-state index in [4.69, 9.17) is 16.4 Å². The number of amidine groups is 1. The standard InChI is InChI=1S/C8H9ClN4S2/c1-2-15(10)8-12-7-6(14-13-8)3-5(9)4-11-7/h3-4,10H,2H2,1H3,(H,11,12,13). The van der Waals surface area contributed by atoms with E-state index in [0.717, 1.165) is 10.6 Å². The van der Waals surface area contributed by atoms with Gasteiger partial charge in [0, 0.05) is 11.9 Å². The minimum atomic E-state index is -0.581. The van der Waals surface area contributed by atoms with Crippen molar-refractivity contribution in [3.05, 3.63) is 17.3 Å². The Labute approximate surface area is 99.6 Å². The predicted molar refractivity (Wildman–Crippen MR) is 66.0 cm³/mol. The molecule has 1 aromatic heterocycles. The maximum absolute atomic E-state index is 7.77. The van der Waals surface area contributed by atoms with Crippen LogP contribution in [0, 0.1) is 4.78 Å². The molecule has 0 radical (unpaired) electrons. The summed E-state index contributed by atoms with van der Waals surface area (Å²) in [4.78, 5) is 9.33. The summed E-state index contributed by atoms with van der Waals surface area (Å²) in [5, 5.41) is 1.28. The van der Waals surface area contributed by atoms with Crippen LogP contribution >= 0.6 is 23.5 Å². The molecule has 0 saturated carbocycles. The van der Waals surface area contributed by atoms with Gasteiger partial charge in [0.2, 0.25) is 0 Å². The number of aliphatic imine (C=N–C) groups is 1. The fourth-order valence-corrected chi connectivity index (χ4v) is 2.87. The van der Waals surface area contributed by atoms with E-state index in [1.807, 2.05) is 13.0 Å². The Morgan fingerprint density at radius 2 is 2.47 bits per heavy atom. The summed E-state index contributed by atoms with van der Waals surface area (Å²) < 4.78 is 10.8. The Morgan fingerprint density at radius 1 is 1.67 bits per heavy atom. The van der Waals surface area contributed by atoms with E-state index >= 15 is 0 Å². The van der Waals surface area contributed by atoms with Crippen molar-refractivity contribution in [3.63, 3.8) is 0 Å². The fourth-order valence-electron chi connectivity index (χ4n) is 1.03. The molecule has 0 amide bonds. The molecule has 1 aliphatic rings. The lowest BCUT2D eigenvalue weighted by molar-refractivity contribution is 1.17. The molecule has 1 aromatic rings. The van der Waals surface area contributed by atoms with Crippen LogP contribution in [0.5, 0.6) is 0 Å². The first-order valence-corrected chi connectivity index (χ1v) is 6.88. The molecule has 1 unspecified atom stereocenters. The second kappa shape index (κ2) is 4.51. The predicted octanol–water partition coefficient (Wildman–Crippen LogP) is 2.73. The lowest BCUT2D eigenvalue weighted by atomic mass is 10.4. The van der Waals surface area contributed by atoms with Crippen LogP contribution in [0.2, 0.25) is 5.02 Å². The highest BCUT2D eigenvalue weighted by atomic mass is 35.5. The lowest BCUT2D eigenvalue weighted by Crippen LogP contribution is -2.24. The molecule has 7 heteroatoms. The molecular formula is C8H9ClN4S2. The Balaban J connectivity index is 2.37. The number of fused-ring (bicyclic) bond motifs is 1. The van der Waals surface area contributed by atoms with Crippen molar-refractivity contribution in [2.24, 2.45) is 4.99 Å². The van der Waals surface area contributed by atoms with Gasteiger partial charge in [0.15, 0.2) is 11.0 Å². The highest BCUT2D eigenvalue weighted by Gasteiger charge is 2.15. The molecule has 1 atom stereocenters. The van der Waals surface area contributed by atoms with E-state index in [0.29, 0.717) is 16.0 Å². The molecule has 4 nitrogen and oxygen atoms in total. The zero-order valence-corrected chi connectivity index (χ0v) is 10.3. The number of hydrogen-bond acceptors (Lipinski definition) is 5. The van der Waals surface area contributed by atoms with Crippen molar-refractivity contribution in [2.45, 2.75) is 11.8 Å². The molecule has 80 valence electrons. The van der Waals surface area contributed by atoms with Crippen LogP contribution in [0.4, 0.5) is 5.82 Å². The summed E-state index contributed by atoms with van der Waals surface area (Å²) in [7, 11) is -0.581. The second-order valence-electron chi connectivity index (χ2n) is 2.78. The minimum Gasteiger partial charge on any atom is -0.304 e. The van der Waals surface area contributed by atoms with E-state index in [2.05, 4.69) is 14.7 Å². The van der Waals surface area contributed by atoms with Crippen LogP contribution in [-0.4, -0.2) is 15.9 Å². The molecule has 2 rings (SSSR count). The summed E-state index contributed by atoms with van der Waals surface area (Å²) in [5.41, 5.74) is 0. The van der Waals surface area contributed by atoms with E-state index in [-0.39, 0.29) is 0 Å². The minimum absolute atomic E-state index is 0.581. The Kier molecular flexibility index (Phi) is 3.28. The number of nitrogens with zero attached hydrogens (tertiary/aromatic N) is 2. The quantitative estimate of drug-likeness (QED) is 0.764. The van der Waals surface area contributed by atoms with Gasteiger partial charge in [-0.25, -0.2) is 9.98 Å². The SMILES string of the molecule is CCS(=N)C1=Nc2ncc(Cl)cc2SN1. The number of rotatable bonds is 1. The molecule has 0 aromatic carbocycles. The van der Waals surface area contributed by atoms with Gasteiger partial charge in [0.25, 0.3) is 0 Å². The van der Waals surface area contributed by atoms with Crippen LogP contribution in [-0.2, 0) is 10.7 Å². The Morgan fingerprint density at radius 3 is 3.20 bits per heavy atom. The van der Waals surface area contributed by atoms with Crippen LogP contribution in [0.15, 0.2) is 22.2 Å². The molecular weight excluding hydrogens is 252 g/mol. The van der Waals surface area contributed by atoms with Gasteiger partial charge in [-0.05, 0) is 28.7 Å². The molecule has 1 aliphatic heterocycles.